The summed E-state index contributed by atoms with van der Waals surface area (Å²) in [5.74, 6) is 1.56. The van der Waals surface area contributed by atoms with Crippen molar-refractivity contribution in [2.75, 3.05) is 7.05 Å². The van der Waals surface area contributed by atoms with Gasteiger partial charge in [0.15, 0.2) is 0 Å². The van der Waals surface area contributed by atoms with Gasteiger partial charge in [-0.3, -0.25) is 4.79 Å². The predicted molar refractivity (Wildman–Crippen MR) is 96.2 cm³/mol. The maximum absolute atomic E-state index is 12.7. The second-order valence-corrected chi connectivity index (χ2v) is 7.38. The highest BCUT2D eigenvalue weighted by Gasteiger charge is 2.29. The monoisotopic (exact) mass is 316 g/mol. The van der Waals surface area contributed by atoms with E-state index in [0.29, 0.717) is 18.5 Å². The van der Waals surface area contributed by atoms with Crippen molar-refractivity contribution in [3.05, 3.63) is 35.4 Å². The van der Waals surface area contributed by atoms with E-state index in [1.54, 1.807) is 0 Å². The van der Waals surface area contributed by atoms with Crippen molar-refractivity contribution in [1.29, 1.82) is 0 Å². The molecule has 3 heteroatoms. The normalized spacial score (nSPS) is 25.9. The first kappa shape index (κ1) is 18.0. The number of hydrogen-bond donors (Lipinski definition) is 1. The summed E-state index contributed by atoms with van der Waals surface area (Å²) in [4.78, 5) is 14.5. The fourth-order valence-corrected chi connectivity index (χ4v) is 3.66. The van der Waals surface area contributed by atoms with E-state index in [-0.39, 0.29) is 11.9 Å². The fourth-order valence-electron chi connectivity index (χ4n) is 3.66. The molecule has 128 valence electrons. The van der Waals surface area contributed by atoms with Crippen LogP contribution in [0.15, 0.2) is 24.3 Å². The van der Waals surface area contributed by atoms with E-state index in [0.717, 1.165) is 5.92 Å². The summed E-state index contributed by atoms with van der Waals surface area (Å²) in [5, 5.41) is 3.59. The Balaban J connectivity index is 1.92. The van der Waals surface area contributed by atoms with Gasteiger partial charge in [-0.1, -0.05) is 51.0 Å². The van der Waals surface area contributed by atoms with Crippen molar-refractivity contribution in [2.24, 2.45) is 11.8 Å². The fraction of sp³-hybridized carbons (Fsp3) is 0.650. The van der Waals surface area contributed by atoms with Gasteiger partial charge in [-0.2, -0.15) is 0 Å². The molecule has 0 aliphatic heterocycles. The van der Waals surface area contributed by atoms with Crippen molar-refractivity contribution in [1.82, 2.24) is 10.2 Å². The van der Waals surface area contributed by atoms with Gasteiger partial charge in [-0.05, 0) is 43.2 Å². The zero-order valence-electron chi connectivity index (χ0n) is 15.3. The van der Waals surface area contributed by atoms with E-state index in [1.807, 2.05) is 31.0 Å². The molecule has 4 unspecified atom stereocenters. The summed E-state index contributed by atoms with van der Waals surface area (Å²) in [6.45, 7) is 9.42. The minimum atomic E-state index is -0.123. The SMILES string of the molecule is Cc1ccccc1CN(C)C(=O)C(C)NC1CCCC(C)C1C. The highest BCUT2D eigenvalue weighted by Crippen LogP contribution is 2.29. The van der Waals surface area contributed by atoms with Crippen LogP contribution in [0.4, 0.5) is 0 Å². The predicted octanol–water partition coefficient (Wildman–Crippen LogP) is 3.76. The van der Waals surface area contributed by atoms with Gasteiger partial charge in [0, 0.05) is 19.6 Å². The number of nitrogens with one attached hydrogen (secondary N) is 1. The summed E-state index contributed by atoms with van der Waals surface area (Å²) in [6, 6.07) is 8.61. The van der Waals surface area contributed by atoms with E-state index in [9.17, 15) is 4.79 Å². The lowest BCUT2D eigenvalue weighted by atomic mass is 9.78. The zero-order valence-corrected chi connectivity index (χ0v) is 15.3. The first-order valence-electron chi connectivity index (χ1n) is 8.95. The molecule has 1 fully saturated rings. The van der Waals surface area contributed by atoms with Crippen molar-refractivity contribution in [2.45, 2.75) is 65.6 Å². The van der Waals surface area contributed by atoms with E-state index in [4.69, 9.17) is 0 Å². The largest absolute Gasteiger partial charge is 0.340 e. The number of nitrogens with zero attached hydrogens (tertiary/aromatic N) is 1. The lowest BCUT2D eigenvalue weighted by Crippen LogP contribution is -2.50. The first-order valence-corrected chi connectivity index (χ1v) is 8.95. The molecular formula is C20H32N2O. The van der Waals surface area contributed by atoms with Crippen LogP contribution in [0.5, 0.6) is 0 Å². The molecule has 23 heavy (non-hydrogen) atoms. The van der Waals surface area contributed by atoms with Crippen LogP contribution in [0.1, 0.15) is 51.2 Å². The zero-order chi connectivity index (χ0) is 17.0. The molecule has 0 spiro atoms. The summed E-state index contributed by atoms with van der Waals surface area (Å²) in [5.41, 5.74) is 2.46. The number of carbonyl (C=O) groups excluding carboxylic acids is 1. The van der Waals surface area contributed by atoms with Crippen LogP contribution in [0.3, 0.4) is 0 Å². The average molecular weight is 316 g/mol. The standard InChI is InChI=1S/C20H32N2O/c1-14-10-8-12-19(16(14)3)21-17(4)20(23)22(5)13-18-11-7-6-9-15(18)2/h6-7,9,11,14,16-17,19,21H,8,10,12-13H2,1-5H3. The maximum atomic E-state index is 12.7. The molecule has 0 saturated heterocycles. The van der Waals surface area contributed by atoms with Gasteiger partial charge in [0.25, 0.3) is 0 Å². The molecule has 0 radical (unpaired) electrons. The minimum absolute atomic E-state index is 0.123. The van der Waals surface area contributed by atoms with Crippen LogP contribution in [0.2, 0.25) is 0 Å². The van der Waals surface area contributed by atoms with E-state index >= 15 is 0 Å². The van der Waals surface area contributed by atoms with E-state index < -0.39 is 0 Å². The third-order valence-corrected chi connectivity index (χ3v) is 5.59. The molecule has 1 aromatic rings. The van der Waals surface area contributed by atoms with Gasteiger partial charge in [0.05, 0.1) is 6.04 Å². The van der Waals surface area contributed by atoms with Gasteiger partial charge >= 0.3 is 0 Å². The molecular weight excluding hydrogens is 284 g/mol. The van der Waals surface area contributed by atoms with Crippen LogP contribution in [0.25, 0.3) is 0 Å². The molecule has 1 aliphatic rings. The Bertz CT molecular complexity index is 528. The first-order chi connectivity index (χ1) is 10.9. The van der Waals surface area contributed by atoms with Crippen LogP contribution >= 0.6 is 0 Å². The Hall–Kier alpha value is -1.35. The summed E-state index contributed by atoms with van der Waals surface area (Å²) < 4.78 is 0. The van der Waals surface area contributed by atoms with Gasteiger partial charge in [0.2, 0.25) is 5.91 Å². The Morgan fingerprint density at radius 1 is 1.30 bits per heavy atom. The number of carbonyl (C=O) groups is 1. The second-order valence-electron chi connectivity index (χ2n) is 7.38. The summed E-state index contributed by atoms with van der Waals surface area (Å²) >= 11 is 0. The average Bonchev–Trinajstić information content (AvgIpc) is 2.53. The Labute approximate surface area is 141 Å². The molecule has 1 aromatic carbocycles. The molecule has 4 atom stereocenters. The molecule has 0 heterocycles. The number of hydrogen-bond acceptors (Lipinski definition) is 2. The van der Waals surface area contributed by atoms with Gasteiger partial charge < -0.3 is 10.2 Å². The Morgan fingerprint density at radius 3 is 2.70 bits per heavy atom. The molecule has 3 nitrogen and oxygen atoms in total. The maximum Gasteiger partial charge on any atom is 0.239 e. The van der Waals surface area contributed by atoms with Gasteiger partial charge in [-0.25, -0.2) is 0 Å². The molecule has 1 saturated carbocycles. The van der Waals surface area contributed by atoms with Crippen molar-refractivity contribution in [3.8, 4) is 0 Å². The number of rotatable bonds is 5. The number of amides is 1. The van der Waals surface area contributed by atoms with Crippen LogP contribution in [-0.4, -0.2) is 29.9 Å². The quantitative estimate of drug-likeness (QED) is 0.897. The van der Waals surface area contributed by atoms with Crippen molar-refractivity contribution >= 4 is 5.91 Å². The highest BCUT2D eigenvalue weighted by atomic mass is 16.2. The third kappa shape index (κ3) is 4.57. The van der Waals surface area contributed by atoms with Crippen molar-refractivity contribution in [3.63, 3.8) is 0 Å². The number of aryl methyl sites for hydroxylation is 1. The molecule has 2 rings (SSSR count). The summed E-state index contributed by atoms with van der Waals surface area (Å²) in [7, 11) is 1.90. The molecule has 1 aliphatic carbocycles. The molecule has 0 aromatic heterocycles. The summed E-state index contributed by atoms with van der Waals surface area (Å²) in [6.07, 6.45) is 3.77. The van der Waals surface area contributed by atoms with Crippen molar-refractivity contribution < 1.29 is 4.79 Å². The van der Waals surface area contributed by atoms with Crippen LogP contribution in [0, 0.1) is 18.8 Å². The highest BCUT2D eigenvalue weighted by molar-refractivity contribution is 5.81. The second kappa shape index (κ2) is 7.96. The topological polar surface area (TPSA) is 32.3 Å². The number of benzene rings is 1. The smallest absolute Gasteiger partial charge is 0.239 e. The Morgan fingerprint density at radius 2 is 2.00 bits per heavy atom. The third-order valence-electron chi connectivity index (χ3n) is 5.59. The van der Waals surface area contributed by atoms with Gasteiger partial charge in [-0.15, -0.1) is 0 Å². The number of likely N-dealkylation sites (N-methyl/N-ethyl adjacent to an activating group) is 1. The van der Waals surface area contributed by atoms with Gasteiger partial charge in [0.1, 0.15) is 0 Å². The van der Waals surface area contributed by atoms with Crippen LogP contribution < -0.4 is 5.32 Å². The molecule has 1 N–H and O–H groups in total. The lowest BCUT2D eigenvalue weighted by molar-refractivity contribution is -0.132. The van der Waals surface area contributed by atoms with E-state index in [1.165, 1.54) is 30.4 Å². The molecule has 0 bridgehead atoms. The Kier molecular flexibility index (Phi) is 6.23. The van der Waals surface area contributed by atoms with E-state index in [2.05, 4.69) is 38.2 Å². The lowest BCUT2D eigenvalue weighted by Gasteiger charge is -2.37. The molecule has 1 amide bonds. The minimum Gasteiger partial charge on any atom is -0.340 e. The van der Waals surface area contributed by atoms with Crippen LogP contribution in [-0.2, 0) is 11.3 Å².